The fourth-order valence-corrected chi connectivity index (χ4v) is 5.51. The molecule has 3 rings (SSSR count). The lowest BCUT2D eigenvalue weighted by molar-refractivity contribution is -0.123. The van der Waals surface area contributed by atoms with Gasteiger partial charge < -0.3 is 14.8 Å². The summed E-state index contributed by atoms with van der Waals surface area (Å²) in [5.74, 6) is 2.15. The third-order valence-corrected chi connectivity index (χ3v) is 7.23. The van der Waals surface area contributed by atoms with Crippen LogP contribution in [-0.2, 0) is 9.53 Å². The smallest absolute Gasteiger partial charge is 0.338 e. The highest BCUT2D eigenvalue weighted by Gasteiger charge is 2.21. The van der Waals surface area contributed by atoms with Gasteiger partial charge in [0.15, 0.2) is 6.10 Å². The number of esters is 1. The molecule has 1 aliphatic heterocycles. The molecule has 0 spiro atoms. The largest absolute Gasteiger partial charge is 0.494 e. The summed E-state index contributed by atoms with van der Waals surface area (Å²) in [7, 11) is 0. The van der Waals surface area contributed by atoms with Gasteiger partial charge in [0.1, 0.15) is 5.75 Å². The van der Waals surface area contributed by atoms with E-state index in [1.54, 1.807) is 43.3 Å². The molecule has 148 valence electrons. The molecule has 1 heterocycles. The van der Waals surface area contributed by atoms with Crippen LogP contribution >= 0.6 is 23.5 Å². The quantitative estimate of drug-likeness (QED) is 0.656. The van der Waals surface area contributed by atoms with E-state index in [4.69, 9.17) is 9.47 Å². The van der Waals surface area contributed by atoms with Gasteiger partial charge in [0.25, 0.3) is 5.91 Å². The first-order valence-electron chi connectivity index (χ1n) is 9.14. The Morgan fingerprint density at radius 1 is 1.07 bits per heavy atom. The highest BCUT2D eigenvalue weighted by Crippen LogP contribution is 2.45. The first-order valence-corrected chi connectivity index (χ1v) is 11.2. The number of amides is 1. The van der Waals surface area contributed by atoms with Gasteiger partial charge in [0.05, 0.1) is 16.8 Å². The van der Waals surface area contributed by atoms with Crippen LogP contribution in [-0.4, -0.2) is 36.1 Å². The summed E-state index contributed by atoms with van der Waals surface area (Å²) in [6.07, 6.45) is -0.903. The zero-order valence-electron chi connectivity index (χ0n) is 15.8. The monoisotopic (exact) mass is 417 g/mol. The molecule has 0 radical (unpaired) electrons. The number of nitrogens with one attached hydrogen (secondary N) is 1. The van der Waals surface area contributed by atoms with Gasteiger partial charge in [-0.05, 0) is 55.8 Å². The zero-order valence-corrected chi connectivity index (χ0v) is 17.5. The van der Waals surface area contributed by atoms with E-state index in [9.17, 15) is 9.59 Å². The van der Waals surface area contributed by atoms with E-state index in [1.807, 2.05) is 42.6 Å². The molecule has 1 amide bonds. The molecule has 2 aromatic rings. The van der Waals surface area contributed by atoms with Crippen molar-refractivity contribution in [2.45, 2.75) is 24.5 Å². The molecular weight excluding hydrogens is 394 g/mol. The fourth-order valence-electron chi connectivity index (χ4n) is 2.65. The number of rotatable bonds is 7. The van der Waals surface area contributed by atoms with Gasteiger partial charge in [0, 0.05) is 17.2 Å². The van der Waals surface area contributed by atoms with Crippen molar-refractivity contribution in [1.82, 2.24) is 0 Å². The topological polar surface area (TPSA) is 64.6 Å². The van der Waals surface area contributed by atoms with Gasteiger partial charge in [-0.25, -0.2) is 4.79 Å². The maximum Gasteiger partial charge on any atom is 0.338 e. The minimum Gasteiger partial charge on any atom is -0.494 e. The highest BCUT2D eigenvalue weighted by atomic mass is 32.2. The number of ether oxygens (including phenoxy) is 2. The van der Waals surface area contributed by atoms with Crippen molar-refractivity contribution < 1.29 is 19.1 Å². The third-order valence-electron chi connectivity index (χ3n) is 4.13. The fraction of sp³-hybridized carbons (Fsp3) is 0.333. The number of carbonyl (C=O) groups is 2. The first-order chi connectivity index (χ1) is 13.6. The molecule has 1 saturated heterocycles. The normalized spacial score (nSPS) is 15.1. The Labute approximate surface area is 173 Å². The molecule has 5 nitrogen and oxygen atoms in total. The molecule has 1 N–H and O–H groups in total. The van der Waals surface area contributed by atoms with Crippen LogP contribution in [0.15, 0.2) is 48.5 Å². The predicted octanol–water partition coefficient (Wildman–Crippen LogP) is 4.75. The van der Waals surface area contributed by atoms with Crippen LogP contribution in [0.5, 0.6) is 5.75 Å². The molecular formula is C21H23NO4S2. The molecule has 2 aromatic carbocycles. The molecule has 1 atom stereocenters. The number of benzene rings is 2. The van der Waals surface area contributed by atoms with Gasteiger partial charge in [-0.3, -0.25) is 4.79 Å². The van der Waals surface area contributed by atoms with E-state index in [0.29, 0.717) is 22.4 Å². The molecule has 0 aromatic heterocycles. The second-order valence-electron chi connectivity index (χ2n) is 6.19. The van der Waals surface area contributed by atoms with E-state index in [1.165, 1.54) is 5.56 Å². The average Bonchev–Trinajstić information content (AvgIpc) is 3.24. The summed E-state index contributed by atoms with van der Waals surface area (Å²) in [5.41, 5.74) is 2.26. The van der Waals surface area contributed by atoms with Crippen molar-refractivity contribution in [3.05, 3.63) is 59.7 Å². The maximum absolute atomic E-state index is 12.3. The summed E-state index contributed by atoms with van der Waals surface area (Å²) in [4.78, 5) is 24.6. The number of carbonyl (C=O) groups excluding carboxylic acids is 2. The third kappa shape index (κ3) is 5.45. The molecule has 0 unspecified atom stereocenters. The van der Waals surface area contributed by atoms with Gasteiger partial charge in [-0.15, -0.1) is 23.5 Å². The average molecular weight is 418 g/mol. The number of hydrogen-bond donors (Lipinski definition) is 1. The van der Waals surface area contributed by atoms with E-state index in [2.05, 4.69) is 5.32 Å². The van der Waals surface area contributed by atoms with E-state index >= 15 is 0 Å². The molecule has 0 aliphatic carbocycles. The van der Waals surface area contributed by atoms with Gasteiger partial charge in [0.2, 0.25) is 0 Å². The van der Waals surface area contributed by atoms with Gasteiger partial charge in [-0.2, -0.15) is 0 Å². The lowest BCUT2D eigenvalue weighted by Crippen LogP contribution is -2.30. The molecule has 28 heavy (non-hydrogen) atoms. The molecule has 1 aliphatic rings. The van der Waals surface area contributed by atoms with Gasteiger partial charge >= 0.3 is 5.97 Å². The van der Waals surface area contributed by atoms with Crippen LogP contribution in [0.1, 0.15) is 34.4 Å². The van der Waals surface area contributed by atoms with Crippen molar-refractivity contribution in [3.63, 3.8) is 0 Å². The molecule has 0 saturated carbocycles. The maximum atomic E-state index is 12.3. The van der Waals surface area contributed by atoms with Crippen molar-refractivity contribution in [3.8, 4) is 5.75 Å². The Hall–Kier alpha value is -2.12. The molecule has 7 heteroatoms. The van der Waals surface area contributed by atoms with Crippen LogP contribution in [0.2, 0.25) is 0 Å². The van der Waals surface area contributed by atoms with Crippen LogP contribution in [0, 0.1) is 0 Å². The van der Waals surface area contributed by atoms with E-state index in [-0.39, 0.29) is 5.91 Å². The minimum absolute atomic E-state index is 0.382. The Kier molecular flexibility index (Phi) is 7.28. The van der Waals surface area contributed by atoms with Crippen LogP contribution in [0.25, 0.3) is 0 Å². The zero-order chi connectivity index (χ0) is 19.9. The Balaban J connectivity index is 1.53. The summed E-state index contributed by atoms with van der Waals surface area (Å²) >= 11 is 3.83. The second-order valence-corrected chi connectivity index (χ2v) is 8.91. The van der Waals surface area contributed by atoms with Gasteiger partial charge in [-0.1, -0.05) is 12.1 Å². The summed E-state index contributed by atoms with van der Waals surface area (Å²) in [6.45, 7) is 4.05. The van der Waals surface area contributed by atoms with Crippen molar-refractivity contribution in [2.75, 3.05) is 23.4 Å². The lowest BCUT2D eigenvalue weighted by Gasteiger charge is -2.14. The summed E-state index contributed by atoms with van der Waals surface area (Å²) in [6, 6.07) is 14.5. The lowest BCUT2D eigenvalue weighted by atomic mass is 10.1. The predicted molar refractivity (Wildman–Crippen MR) is 115 cm³/mol. The number of anilines is 1. The SMILES string of the molecule is CCOc1ccc(NC(=O)[C@@H](C)OC(=O)c2ccc(C3SCCS3)cc2)cc1. The Morgan fingerprint density at radius 3 is 2.32 bits per heavy atom. The minimum atomic E-state index is -0.903. The number of thioether (sulfide) groups is 2. The van der Waals surface area contributed by atoms with E-state index < -0.39 is 12.1 Å². The van der Waals surface area contributed by atoms with Crippen LogP contribution in [0.3, 0.4) is 0 Å². The Morgan fingerprint density at radius 2 is 1.71 bits per heavy atom. The Bertz CT molecular complexity index is 802. The molecule has 1 fully saturated rings. The van der Waals surface area contributed by atoms with Crippen molar-refractivity contribution in [1.29, 1.82) is 0 Å². The highest BCUT2D eigenvalue weighted by molar-refractivity contribution is 8.19. The second kappa shape index (κ2) is 9.89. The van der Waals surface area contributed by atoms with Crippen LogP contribution < -0.4 is 10.1 Å². The van der Waals surface area contributed by atoms with Crippen LogP contribution in [0.4, 0.5) is 5.69 Å². The summed E-state index contributed by atoms with van der Waals surface area (Å²) in [5, 5.41) is 2.74. The molecule has 0 bridgehead atoms. The van der Waals surface area contributed by atoms with Crippen molar-refractivity contribution >= 4 is 41.1 Å². The van der Waals surface area contributed by atoms with E-state index in [0.717, 1.165) is 17.3 Å². The number of hydrogen-bond acceptors (Lipinski definition) is 6. The standard InChI is InChI=1S/C21H23NO4S2/c1-3-25-18-10-8-17(9-11-18)22-19(23)14(2)26-20(24)15-4-6-16(7-5-15)21-27-12-13-28-21/h4-11,14,21H,3,12-13H2,1-2H3,(H,22,23)/t14-/m1/s1. The summed E-state index contributed by atoms with van der Waals surface area (Å²) < 4.78 is 11.1. The van der Waals surface area contributed by atoms with Crippen molar-refractivity contribution in [2.24, 2.45) is 0 Å². The first kappa shape index (κ1) is 20.6.